The molecule has 1 atom stereocenters. The fourth-order valence-electron chi connectivity index (χ4n) is 2.84. The SMILES string of the molecule is CCCCNC(=O)[C@H](C)N(Cc1ccccc1Cl)C(=O)CSCc1ccccc1. The third-order valence-corrected chi connectivity index (χ3v) is 5.99. The summed E-state index contributed by atoms with van der Waals surface area (Å²) >= 11 is 7.85. The molecule has 156 valence electrons. The van der Waals surface area contributed by atoms with Crippen LogP contribution in [0.5, 0.6) is 0 Å². The monoisotopic (exact) mass is 432 g/mol. The number of rotatable bonds is 11. The van der Waals surface area contributed by atoms with Gasteiger partial charge in [-0.3, -0.25) is 9.59 Å². The molecule has 2 aromatic carbocycles. The van der Waals surface area contributed by atoms with Crippen LogP contribution < -0.4 is 5.32 Å². The normalized spacial score (nSPS) is 11.7. The lowest BCUT2D eigenvalue weighted by Gasteiger charge is -2.29. The number of halogens is 1. The standard InChI is InChI=1S/C23H29ClN2O2S/c1-3-4-14-25-23(28)18(2)26(15-20-12-8-9-13-21(20)24)22(27)17-29-16-19-10-6-5-7-11-19/h5-13,18H,3-4,14-17H2,1-2H3,(H,25,28)/t18-/m0/s1. The van der Waals surface area contributed by atoms with Crippen molar-refractivity contribution in [2.75, 3.05) is 12.3 Å². The van der Waals surface area contributed by atoms with Gasteiger partial charge in [-0.15, -0.1) is 11.8 Å². The first-order valence-corrected chi connectivity index (χ1v) is 11.5. The van der Waals surface area contributed by atoms with E-state index in [1.165, 1.54) is 5.56 Å². The predicted molar refractivity (Wildman–Crippen MR) is 122 cm³/mol. The fourth-order valence-corrected chi connectivity index (χ4v) is 3.91. The maximum atomic E-state index is 13.0. The molecule has 0 spiro atoms. The molecule has 0 bridgehead atoms. The molecule has 6 heteroatoms. The first-order valence-electron chi connectivity index (χ1n) is 9.95. The second-order valence-electron chi connectivity index (χ2n) is 6.91. The van der Waals surface area contributed by atoms with Crippen molar-refractivity contribution in [2.45, 2.75) is 45.0 Å². The smallest absolute Gasteiger partial charge is 0.242 e. The van der Waals surface area contributed by atoms with Crippen molar-refractivity contribution in [1.82, 2.24) is 10.2 Å². The van der Waals surface area contributed by atoms with Gasteiger partial charge >= 0.3 is 0 Å². The lowest BCUT2D eigenvalue weighted by molar-refractivity contribution is -0.138. The molecule has 0 radical (unpaired) electrons. The molecule has 0 aliphatic rings. The lowest BCUT2D eigenvalue weighted by atomic mass is 10.1. The van der Waals surface area contributed by atoms with Gasteiger partial charge in [-0.05, 0) is 30.5 Å². The van der Waals surface area contributed by atoms with Crippen molar-refractivity contribution in [2.24, 2.45) is 0 Å². The summed E-state index contributed by atoms with van der Waals surface area (Å²) in [6.45, 7) is 4.79. The van der Waals surface area contributed by atoms with Crippen LogP contribution in [0, 0.1) is 0 Å². The van der Waals surface area contributed by atoms with Gasteiger partial charge in [0.25, 0.3) is 0 Å². The third kappa shape index (κ3) is 7.75. The Hall–Kier alpha value is -1.98. The average molecular weight is 433 g/mol. The molecule has 2 amide bonds. The maximum absolute atomic E-state index is 13.0. The molecule has 29 heavy (non-hydrogen) atoms. The Kier molecular flexibility index (Phi) is 10.1. The quantitative estimate of drug-likeness (QED) is 0.513. The van der Waals surface area contributed by atoms with E-state index in [2.05, 4.69) is 12.2 Å². The van der Waals surface area contributed by atoms with Crippen LogP contribution in [-0.4, -0.2) is 35.1 Å². The number of hydrogen-bond acceptors (Lipinski definition) is 3. The number of nitrogens with one attached hydrogen (secondary N) is 1. The van der Waals surface area contributed by atoms with E-state index in [1.807, 2.05) is 48.5 Å². The van der Waals surface area contributed by atoms with Gasteiger partial charge in [0.1, 0.15) is 6.04 Å². The van der Waals surface area contributed by atoms with Crippen LogP contribution in [-0.2, 0) is 21.9 Å². The minimum Gasteiger partial charge on any atom is -0.354 e. The number of benzene rings is 2. The third-order valence-electron chi connectivity index (χ3n) is 4.63. The van der Waals surface area contributed by atoms with Crippen LogP contribution in [0.15, 0.2) is 54.6 Å². The zero-order valence-corrected chi connectivity index (χ0v) is 18.6. The van der Waals surface area contributed by atoms with E-state index in [-0.39, 0.29) is 11.8 Å². The molecule has 0 unspecified atom stereocenters. The van der Waals surface area contributed by atoms with Crippen LogP contribution in [0.4, 0.5) is 0 Å². The highest BCUT2D eigenvalue weighted by molar-refractivity contribution is 7.99. The topological polar surface area (TPSA) is 49.4 Å². The van der Waals surface area contributed by atoms with E-state index < -0.39 is 6.04 Å². The summed E-state index contributed by atoms with van der Waals surface area (Å²) in [4.78, 5) is 27.2. The van der Waals surface area contributed by atoms with Crippen molar-refractivity contribution in [3.8, 4) is 0 Å². The van der Waals surface area contributed by atoms with E-state index >= 15 is 0 Å². The van der Waals surface area contributed by atoms with E-state index in [9.17, 15) is 9.59 Å². The van der Waals surface area contributed by atoms with Crippen molar-refractivity contribution < 1.29 is 9.59 Å². The molecule has 0 fully saturated rings. The van der Waals surface area contributed by atoms with Crippen molar-refractivity contribution in [3.05, 3.63) is 70.7 Å². The summed E-state index contributed by atoms with van der Waals surface area (Å²) < 4.78 is 0. The Morgan fingerprint density at radius 2 is 1.79 bits per heavy atom. The van der Waals surface area contributed by atoms with Gasteiger partial charge in [0, 0.05) is 23.9 Å². The summed E-state index contributed by atoms with van der Waals surface area (Å²) in [5.74, 6) is 0.867. The summed E-state index contributed by atoms with van der Waals surface area (Å²) in [5, 5.41) is 3.53. The minimum atomic E-state index is -0.562. The van der Waals surface area contributed by atoms with Crippen LogP contribution in [0.3, 0.4) is 0 Å². The Morgan fingerprint density at radius 1 is 1.10 bits per heavy atom. The second kappa shape index (κ2) is 12.6. The highest BCUT2D eigenvalue weighted by atomic mass is 35.5. The molecule has 0 aliphatic carbocycles. The molecule has 0 saturated carbocycles. The first-order chi connectivity index (χ1) is 14.0. The fraction of sp³-hybridized carbons (Fsp3) is 0.391. The Bertz CT molecular complexity index is 785. The van der Waals surface area contributed by atoms with Gasteiger partial charge in [0.15, 0.2) is 0 Å². The van der Waals surface area contributed by atoms with E-state index in [0.717, 1.165) is 24.2 Å². The largest absolute Gasteiger partial charge is 0.354 e. The second-order valence-corrected chi connectivity index (χ2v) is 8.30. The van der Waals surface area contributed by atoms with Gasteiger partial charge < -0.3 is 10.2 Å². The van der Waals surface area contributed by atoms with Gasteiger partial charge in [-0.1, -0.05) is 73.5 Å². The maximum Gasteiger partial charge on any atom is 0.242 e. The van der Waals surface area contributed by atoms with E-state index in [0.29, 0.717) is 23.9 Å². The van der Waals surface area contributed by atoms with Gasteiger partial charge in [0.05, 0.1) is 5.75 Å². The van der Waals surface area contributed by atoms with Crippen LogP contribution in [0.25, 0.3) is 0 Å². The Balaban J connectivity index is 2.04. The van der Waals surface area contributed by atoms with E-state index in [4.69, 9.17) is 11.6 Å². The van der Waals surface area contributed by atoms with Crippen molar-refractivity contribution >= 4 is 35.2 Å². The summed E-state index contributed by atoms with van der Waals surface area (Å²) in [7, 11) is 0. The molecular weight excluding hydrogens is 404 g/mol. The number of carbonyl (C=O) groups excluding carboxylic acids is 2. The molecule has 0 aliphatic heterocycles. The molecule has 0 saturated heterocycles. The molecule has 2 aromatic rings. The predicted octanol–water partition coefficient (Wildman–Crippen LogP) is 4.91. The van der Waals surface area contributed by atoms with Gasteiger partial charge in [0.2, 0.25) is 11.8 Å². The number of nitrogens with zero attached hydrogens (tertiary/aromatic N) is 1. The number of hydrogen-bond donors (Lipinski definition) is 1. The summed E-state index contributed by atoms with van der Waals surface area (Å²) in [6, 6.07) is 16.9. The molecular formula is C23H29ClN2O2S. The molecule has 0 aromatic heterocycles. The zero-order valence-electron chi connectivity index (χ0n) is 17.1. The van der Waals surface area contributed by atoms with Gasteiger partial charge in [-0.25, -0.2) is 0 Å². The number of unbranched alkanes of at least 4 members (excludes halogenated alkanes) is 1. The molecule has 0 heterocycles. The highest BCUT2D eigenvalue weighted by Gasteiger charge is 2.26. The molecule has 4 nitrogen and oxygen atoms in total. The Morgan fingerprint density at radius 3 is 2.48 bits per heavy atom. The number of amides is 2. The zero-order chi connectivity index (χ0) is 21.1. The average Bonchev–Trinajstić information content (AvgIpc) is 2.73. The lowest BCUT2D eigenvalue weighted by Crippen LogP contribution is -2.48. The Labute approximate surface area is 183 Å². The van der Waals surface area contributed by atoms with Crippen LogP contribution >= 0.6 is 23.4 Å². The minimum absolute atomic E-state index is 0.0657. The van der Waals surface area contributed by atoms with E-state index in [1.54, 1.807) is 29.7 Å². The number of carbonyl (C=O) groups is 2. The highest BCUT2D eigenvalue weighted by Crippen LogP contribution is 2.20. The number of thioether (sulfide) groups is 1. The van der Waals surface area contributed by atoms with Crippen LogP contribution in [0.2, 0.25) is 5.02 Å². The van der Waals surface area contributed by atoms with Crippen molar-refractivity contribution in [3.63, 3.8) is 0 Å². The summed E-state index contributed by atoms with van der Waals surface area (Å²) in [5.41, 5.74) is 2.01. The first kappa shape index (κ1) is 23.3. The van der Waals surface area contributed by atoms with Crippen LogP contribution in [0.1, 0.15) is 37.8 Å². The van der Waals surface area contributed by atoms with Crippen molar-refractivity contribution in [1.29, 1.82) is 0 Å². The molecule has 2 rings (SSSR count). The molecule has 1 N–H and O–H groups in total. The summed E-state index contributed by atoms with van der Waals surface area (Å²) in [6.07, 6.45) is 1.93. The van der Waals surface area contributed by atoms with Gasteiger partial charge in [-0.2, -0.15) is 0 Å².